The van der Waals surface area contributed by atoms with Crippen LogP contribution in [-0.2, 0) is 0 Å². The zero-order valence-electron chi connectivity index (χ0n) is 10.7. The average molecular weight is 353 g/mol. The van der Waals surface area contributed by atoms with E-state index in [4.69, 9.17) is 15.2 Å². The maximum Gasteiger partial charge on any atom is 0.257 e. The number of rotatable bonds is 2. The van der Waals surface area contributed by atoms with Crippen molar-refractivity contribution in [1.29, 1.82) is 0 Å². The quantitative estimate of drug-likeness (QED) is 0.814. The normalized spacial score (nSPS) is 12.3. The van der Waals surface area contributed by atoms with Gasteiger partial charge in [-0.1, -0.05) is 0 Å². The summed E-state index contributed by atoms with van der Waals surface area (Å²) in [5.41, 5.74) is 6.64. The van der Waals surface area contributed by atoms with Crippen LogP contribution in [0.1, 0.15) is 10.4 Å². The van der Waals surface area contributed by atoms with Crippen molar-refractivity contribution in [2.75, 3.05) is 17.8 Å². The lowest BCUT2D eigenvalue weighted by molar-refractivity contribution is 0.102. The van der Waals surface area contributed by atoms with Crippen LogP contribution in [0.2, 0.25) is 0 Å². The molecule has 0 aromatic heterocycles. The molecule has 1 aliphatic rings. The predicted octanol–water partition coefficient (Wildman–Crippen LogP) is 3.15. The van der Waals surface area contributed by atoms with Crippen LogP contribution >= 0.6 is 15.9 Å². The number of benzene rings is 2. The maximum atomic E-state index is 13.2. The molecule has 0 saturated heterocycles. The molecule has 0 saturated carbocycles. The average Bonchev–Trinajstić information content (AvgIpc) is 2.89. The molecule has 0 spiro atoms. The summed E-state index contributed by atoms with van der Waals surface area (Å²) in [4.78, 5) is 12.3. The highest BCUT2D eigenvalue weighted by Gasteiger charge is 2.20. The Hall–Kier alpha value is -2.28. The summed E-state index contributed by atoms with van der Waals surface area (Å²) in [5, 5.41) is 2.60. The van der Waals surface area contributed by atoms with Gasteiger partial charge in [0.1, 0.15) is 5.82 Å². The van der Waals surface area contributed by atoms with Crippen molar-refractivity contribution >= 4 is 33.2 Å². The van der Waals surface area contributed by atoms with Crippen molar-refractivity contribution in [3.8, 4) is 11.5 Å². The van der Waals surface area contributed by atoms with Gasteiger partial charge in [-0.25, -0.2) is 4.39 Å². The number of carbonyl (C=O) groups excluding carboxylic acids is 1. The largest absolute Gasteiger partial charge is 0.454 e. The van der Waals surface area contributed by atoms with Crippen LogP contribution in [0.25, 0.3) is 0 Å². The number of carbonyl (C=O) groups is 1. The smallest absolute Gasteiger partial charge is 0.257 e. The minimum atomic E-state index is -0.461. The summed E-state index contributed by atoms with van der Waals surface area (Å²) in [6, 6.07) is 7.03. The number of hydrogen-bond donors (Lipinski definition) is 2. The molecule has 0 unspecified atom stereocenters. The van der Waals surface area contributed by atoms with Gasteiger partial charge in [0, 0.05) is 16.2 Å². The molecule has 0 fully saturated rings. The fourth-order valence-corrected chi connectivity index (χ4v) is 2.28. The molecule has 3 N–H and O–H groups in total. The summed E-state index contributed by atoms with van der Waals surface area (Å²) < 4.78 is 24.2. The highest BCUT2D eigenvalue weighted by molar-refractivity contribution is 9.10. The predicted molar refractivity (Wildman–Crippen MR) is 79.0 cm³/mol. The Bertz CT molecular complexity index is 736. The van der Waals surface area contributed by atoms with E-state index in [1.807, 2.05) is 0 Å². The lowest BCUT2D eigenvalue weighted by Gasteiger charge is -2.10. The minimum Gasteiger partial charge on any atom is -0.454 e. The summed E-state index contributed by atoms with van der Waals surface area (Å²) >= 11 is 3.24. The molecule has 0 aliphatic carbocycles. The molecular weight excluding hydrogens is 343 g/mol. The molecule has 2 aromatic rings. The van der Waals surface area contributed by atoms with Gasteiger partial charge in [-0.15, -0.1) is 0 Å². The van der Waals surface area contributed by atoms with Gasteiger partial charge in [-0.05, 0) is 40.2 Å². The van der Waals surface area contributed by atoms with Crippen LogP contribution in [0.15, 0.2) is 34.8 Å². The van der Waals surface area contributed by atoms with Gasteiger partial charge in [-0.3, -0.25) is 4.79 Å². The van der Waals surface area contributed by atoms with Crippen LogP contribution in [0, 0.1) is 5.82 Å². The standard InChI is InChI=1S/C14H10BrFN2O3/c15-9-2-1-7(16)3-11(9)18-14(19)8-4-12-13(5-10(8)17)21-6-20-12/h1-5H,6,17H2,(H,18,19). The minimum absolute atomic E-state index is 0.0925. The molecule has 0 radical (unpaired) electrons. The summed E-state index contributed by atoms with van der Waals surface area (Å²) in [5.74, 6) is 0.0351. The molecular formula is C14H10BrFN2O3. The fourth-order valence-electron chi connectivity index (χ4n) is 1.94. The second-order valence-corrected chi connectivity index (χ2v) is 5.23. The number of anilines is 2. The van der Waals surface area contributed by atoms with E-state index in [0.29, 0.717) is 21.7 Å². The van der Waals surface area contributed by atoms with Gasteiger partial charge in [0.2, 0.25) is 6.79 Å². The van der Waals surface area contributed by atoms with Crippen molar-refractivity contribution in [2.45, 2.75) is 0 Å². The first-order chi connectivity index (χ1) is 10.0. The molecule has 0 atom stereocenters. The Labute approximate surface area is 128 Å². The van der Waals surface area contributed by atoms with Gasteiger partial charge >= 0.3 is 0 Å². The first-order valence-electron chi connectivity index (χ1n) is 6.00. The number of fused-ring (bicyclic) bond motifs is 1. The van der Waals surface area contributed by atoms with E-state index in [-0.39, 0.29) is 18.0 Å². The van der Waals surface area contributed by atoms with Crippen molar-refractivity contribution in [3.63, 3.8) is 0 Å². The number of hydrogen-bond acceptors (Lipinski definition) is 4. The number of nitrogen functional groups attached to an aromatic ring is 1. The summed E-state index contributed by atoms with van der Waals surface area (Å²) in [6.07, 6.45) is 0. The zero-order chi connectivity index (χ0) is 15.0. The Morgan fingerprint density at radius 1 is 1.24 bits per heavy atom. The SMILES string of the molecule is Nc1cc2c(cc1C(=O)Nc1cc(F)ccc1Br)OCO2. The third kappa shape index (κ3) is 2.64. The van der Waals surface area contributed by atoms with Crippen LogP contribution in [0.3, 0.4) is 0 Å². The Morgan fingerprint density at radius 2 is 1.95 bits per heavy atom. The first-order valence-corrected chi connectivity index (χ1v) is 6.79. The first kappa shape index (κ1) is 13.7. The van der Waals surface area contributed by atoms with Crippen molar-refractivity contribution in [1.82, 2.24) is 0 Å². The van der Waals surface area contributed by atoms with Gasteiger partial charge in [-0.2, -0.15) is 0 Å². The maximum absolute atomic E-state index is 13.2. The highest BCUT2D eigenvalue weighted by Crippen LogP contribution is 2.36. The lowest BCUT2D eigenvalue weighted by Crippen LogP contribution is -2.14. The van der Waals surface area contributed by atoms with E-state index >= 15 is 0 Å². The number of amides is 1. The van der Waals surface area contributed by atoms with Gasteiger partial charge < -0.3 is 20.5 Å². The van der Waals surface area contributed by atoms with Crippen LogP contribution in [0.4, 0.5) is 15.8 Å². The number of ether oxygens (including phenoxy) is 2. The van der Waals surface area contributed by atoms with Gasteiger partial charge in [0.25, 0.3) is 5.91 Å². The van der Waals surface area contributed by atoms with Gasteiger partial charge in [0.05, 0.1) is 11.3 Å². The van der Waals surface area contributed by atoms with E-state index in [1.165, 1.54) is 30.3 Å². The molecule has 3 rings (SSSR count). The monoisotopic (exact) mass is 352 g/mol. The molecule has 2 aromatic carbocycles. The topological polar surface area (TPSA) is 73.6 Å². The molecule has 1 heterocycles. The molecule has 5 nitrogen and oxygen atoms in total. The van der Waals surface area contributed by atoms with E-state index in [1.54, 1.807) is 0 Å². The Balaban J connectivity index is 1.91. The van der Waals surface area contributed by atoms with E-state index in [0.717, 1.165) is 0 Å². The molecule has 1 aliphatic heterocycles. The van der Waals surface area contributed by atoms with E-state index in [9.17, 15) is 9.18 Å². The van der Waals surface area contributed by atoms with Crippen LogP contribution in [0.5, 0.6) is 11.5 Å². The number of nitrogens with one attached hydrogen (secondary N) is 1. The second-order valence-electron chi connectivity index (χ2n) is 4.37. The summed E-state index contributed by atoms with van der Waals surface area (Å²) in [7, 11) is 0. The zero-order valence-corrected chi connectivity index (χ0v) is 12.2. The summed E-state index contributed by atoms with van der Waals surface area (Å²) in [6.45, 7) is 0.0925. The van der Waals surface area contributed by atoms with Crippen molar-refractivity contribution in [2.24, 2.45) is 0 Å². The second kappa shape index (κ2) is 5.25. The Morgan fingerprint density at radius 3 is 2.71 bits per heavy atom. The Kier molecular flexibility index (Phi) is 3.42. The van der Waals surface area contributed by atoms with E-state index in [2.05, 4.69) is 21.2 Å². The molecule has 7 heteroatoms. The van der Waals surface area contributed by atoms with Gasteiger partial charge in [0.15, 0.2) is 11.5 Å². The van der Waals surface area contributed by atoms with Crippen molar-refractivity contribution in [3.05, 3.63) is 46.2 Å². The fraction of sp³-hybridized carbons (Fsp3) is 0.0714. The number of halogens is 2. The molecule has 0 bridgehead atoms. The molecule has 1 amide bonds. The van der Waals surface area contributed by atoms with Crippen LogP contribution < -0.4 is 20.5 Å². The van der Waals surface area contributed by atoms with Crippen LogP contribution in [-0.4, -0.2) is 12.7 Å². The highest BCUT2D eigenvalue weighted by atomic mass is 79.9. The molecule has 21 heavy (non-hydrogen) atoms. The third-order valence-electron chi connectivity index (χ3n) is 2.97. The number of nitrogens with two attached hydrogens (primary N) is 1. The lowest BCUT2D eigenvalue weighted by atomic mass is 10.1. The molecule has 108 valence electrons. The van der Waals surface area contributed by atoms with Crippen molar-refractivity contribution < 1.29 is 18.7 Å². The van der Waals surface area contributed by atoms with E-state index < -0.39 is 11.7 Å². The third-order valence-corrected chi connectivity index (χ3v) is 3.66.